The lowest BCUT2D eigenvalue weighted by atomic mass is 9.98. The first kappa shape index (κ1) is 32.0. The van der Waals surface area contributed by atoms with Gasteiger partial charge in [0.25, 0.3) is 0 Å². The Bertz CT molecular complexity index is 1530. The Morgan fingerprint density at radius 3 is 2.60 bits per heavy atom. The largest absolute Gasteiger partial charge is 0.399 e. The van der Waals surface area contributed by atoms with Crippen LogP contribution in [0.2, 0.25) is 0 Å². The maximum Gasteiger partial charge on any atom is 0.178 e. The van der Waals surface area contributed by atoms with Crippen LogP contribution in [0.15, 0.2) is 108 Å². The van der Waals surface area contributed by atoms with Gasteiger partial charge in [0, 0.05) is 30.4 Å². The lowest BCUT2D eigenvalue weighted by molar-refractivity contribution is 0.503. The molecular weight excluding hydrogens is 521 g/mol. The first-order valence-electron chi connectivity index (χ1n) is 14.4. The van der Waals surface area contributed by atoms with Crippen molar-refractivity contribution < 1.29 is 4.39 Å². The zero-order valence-electron chi connectivity index (χ0n) is 24.8. The van der Waals surface area contributed by atoms with Gasteiger partial charge in [-0.1, -0.05) is 62.4 Å². The molecule has 0 radical (unpaired) electrons. The van der Waals surface area contributed by atoms with Crippen LogP contribution in [0.4, 0.5) is 4.39 Å². The van der Waals surface area contributed by atoms with Crippen LogP contribution in [-0.2, 0) is 6.42 Å². The second-order valence-corrected chi connectivity index (χ2v) is 10.3. The first-order chi connectivity index (χ1) is 20.4. The molecule has 0 aliphatic heterocycles. The van der Waals surface area contributed by atoms with Crippen LogP contribution in [0.3, 0.4) is 0 Å². The van der Waals surface area contributed by atoms with Crippen molar-refractivity contribution in [2.75, 3.05) is 13.1 Å². The highest BCUT2D eigenvalue weighted by Gasteiger charge is 2.15. The van der Waals surface area contributed by atoms with Gasteiger partial charge in [0.1, 0.15) is 11.6 Å². The molecule has 5 nitrogen and oxygen atoms in total. The summed E-state index contributed by atoms with van der Waals surface area (Å²) in [4.78, 5) is 12.5. The number of allylic oxidation sites excluding steroid dienone is 7. The molecule has 1 aliphatic rings. The highest BCUT2D eigenvalue weighted by Crippen LogP contribution is 2.28. The van der Waals surface area contributed by atoms with Crippen molar-refractivity contribution in [3.05, 3.63) is 120 Å². The van der Waals surface area contributed by atoms with E-state index < -0.39 is 0 Å². The maximum absolute atomic E-state index is 13.9. The molecule has 218 valence electrons. The topological polar surface area (TPSA) is 79.6 Å². The Hall–Kier alpha value is -4.47. The molecule has 0 unspecified atom stereocenters. The summed E-state index contributed by atoms with van der Waals surface area (Å²) in [5.41, 5.74) is 13.9. The smallest absolute Gasteiger partial charge is 0.178 e. The molecule has 1 aliphatic carbocycles. The Morgan fingerprint density at radius 1 is 1.17 bits per heavy atom. The fraction of sp³-hybridized carbons (Fsp3) is 0.278. The molecule has 0 amide bonds. The average Bonchev–Trinajstić information content (AvgIpc) is 3.68. The molecule has 4 rings (SSSR count). The number of nitrogens with two attached hydrogens (primary N) is 1. The fourth-order valence-corrected chi connectivity index (χ4v) is 5.21. The van der Waals surface area contributed by atoms with Gasteiger partial charge in [0.15, 0.2) is 5.65 Å². The Labute approximate surface area is 249 Å². The SMILES string of the molecule is C#C.C=C/C(=C\C(=C/C)C(=C)/C=C(Cc1nc2nccc(-c3cccc(F)c3)c2[nH]1)\C(N)=C/C)CNCC1CCCC1. The number of rotatable bonds is 12. The van der Waals surface area contributed by atoms with Crippen LogP contribution in [0, 0.1) is 24.6 Å². The van der Waals surface area contributed by atoms with E-state index in [0.717, 1.165) is 63.8 Å². The number of hydrogen-bond donors (Lipinski definition) is 3. The summed E-state index contributed by atoms with van der Waals surface area (Å²) < 4.78 is 13.9. The number of imidazole rings is 1. The van der Waals surface area contributed by atoms with E-state index >= 15 is 0 Å². The van der Waals surface area contributed by atoms with Gasteiger partial charge in [0.05, 0.1) is 5.52 Å². The van der Waals surface area contributed by atoms with Gasteiger partial charge in [-0.3, -0.25) is 0 Å². The van der Waals surface area contributed by atoms with E-state index in [9.17, 15) is 4.39 Å². The molecule has 1 aromatic carbocycles. The van der Waals surface area contributed by atoms with Crippen molar-refractivity contribution >= 4 is 11.2 Å². The van der Waals surface area contributed by atoms with Crippen molar-refractivity contribution in [1.82, 2.24) is 20.3 Å². The van der Waals surface area contributed by atoms with Gasteiger partial charge < -0.3 is 16.0 Å². The van der Waals surface area contributed by atoms with E-state index in [-0.39, 0.29) is 5.82 Å². The van der Waals surface area contributed by atoms with Crippen molar-refractivity contribution in [3.8, 4) is 24.0 Å². The van der Waals surface area contributed by atoms with Crippen molar-refractivity contribution in [2.24, 2.45) is 11.7 Å². The molecule has 3 aromatic rings. The summed E-state index contributed by atoms with van der Waals surface area (Å²) in [6.07, 6.45) is 25.5. The number of nitrogens with zero attached hydrogens (tertiary/aromatic N) is 2. The second kappa shape index (κ2) is 16.1. The van der Waals surface area contributed by atoms with Gasteiger partial charge in [-0.25, -0.2) is 14.4 Å². The average molecular weight is 564 g/mol. The number of terminal acetylenes is 1. The van der Waals surface area contributed by atoms with Crippen molar-refractivity contribution in [3.63, 3.8) is 0 Å². The molecule has 0 spiro atoms. The van der Waals surface area contributed by atoms with Gasteiger partial charge in [0.2, 0.25) is 0 Å². The molecule has 2 aromatic heterocycles. The molecule has 1 fully saturated rings. The molecule has 0 saturated heterocycles. The number of halogens is 1. The number of nitrogens with one attached hydrogen (secondary N) is 2. The monoisotopic (exact) mass is 563 g/mol. The summed E-state index contributed by atoms with van der Waals surface area (Å²) >= 11 is 0. The van der Waals surface area contributed by atoms with Crippen LogP contribution in [0.1, 0.15) is 45.4 Å². The minimum atomic E-state index is -0.287. The minimum Gasteiger partial charge on any atom is -0.399 e. The number of fused-ring (bicyclic) bond motifs is 1. The Morgan fingerprint density at radius 2 is 1.93 bits per heavy atom. The highest BCUT2D eigenvalue weighted by atomic mass is 19.1. The number of aromatic amines is 1. The second-order valence-electron chi connectivity index (χ2n) is 10.3. The number of H-pyrrole nitrogens is 1. The predicted octanol–water partition coefficient (Wildman–Crippen LogP) is 7.74. The lowest BCUT2D eigenvalue weighted by Gasteiger charge is -2.12. The van der Waals surface area contributed by atoms with E-state index in [1.165, 1.54) is 37.8 Å². The molecule has 42 heavy (non-hydrogen) atoms. The number of hydrogen-bond acceptors (Lipinski definition) is 4. The standard InChI is InChI=1S/C34H40FN5.C2H2/c1-5-24(21-37-22-25-11-8-9-12-25)18-26(6-2)23(4)17-28(31(36)7-3)20-32-39-33-30(15-16-38-34(33)40-32)27-13-10-14-29(35)19-27;1-2/h5-7,10,13-19,25,37H,1,4,8-9,11-12,20-22,36H2,2-3H3,(H,38,39,40);1-2H/b24-18+,26-6+,28-17-,31-7+;. The van der Waals surface area contributed by atoms with Crippen LogP contribution in [-0.4, -0.2) is 28.0 Å². The van der Waals surface area contributed by atoms with Crippen molar-refractivity contribution in [2.45, 2.75) is 46.0 Å². The van der Waals surface area contributed by atoms with Crippen LogP contribution >= 0.6 is 0 Å². The van der Waals surface area contributed by atoms with Crippen LogP contribution < -0.4 is 11.1 Å². The fourth-order valence-electron chi connectivity index (χ4n) is 5.21. The van der Waals surface area contributed by atoms with Gasteiger partial charge in [-0.2, -0.15) is 0 Å². The number of aromatic nitrogens is 3. The predicted molar refractivity (Wildman–Crippen MR) is 175 cm³/mol. The number of benzene rings is 1. The van der Waals surface area contributed by atoms with Crippen molar-refractivity contribution in [1.29, 1.82) is 0 Å². The van der Waals surface area contributed by atoms with E-state index in [1.54, 1.807) is 12.3 Å². The molecule has 1 saturated carbocycles. The van der Waals surface area contributed by atoms with Gasteiger partial charge in [-0.05, 0) is 91.3 Å². The normalized spacial score (nSPS) is 15.0. The van der Waals surface area contributed by atoms with Crippen LogP contribution in [0.25, 0.3) is 22.3 Å². The van der Waals surface area contributed by atoms with E-state index in [2.05, 4.69) is 53.4 Å². The quantitative estimate of drug-likeness (QED) is 0.156. The summed E-state index contributed by atoms with van der Waals surface area (Å²) in [6, 6.07) is 8.38. The maximum atomic E-state index is 13.9. The third-order valence-electron chi connectivity index (χ3n) is 7.49. The number of pyridine rings is 1. The Kier molecular flexibility index (Phi) is 12.3. The molecule has 6 heteroatoms. The zero-order chi connectivity index (χ0) is 30.5. The zero-order valence-corrected chi connectivity index (χ0v) is 24.8. The van der Waals surface area contributed by atoms with Gasteiger partial charge in [-0.15, -0.1) is 12.8 Å². The minimum absolute atomic E-state index is 0.287. The third kappa shape index (κ3) is 8.52. The van der Waals surface area contributed by atoms with E-state index in [4.69, 9.17) is 10.7 Å². The summed E-state index contributed by atoms with van der Waals surface area (Å²) in [7, 11) is 0. The third-order valence-corrected chi connectivity index (χ3v) is 7.49. The summed E-state index contributed by atoms with van der Waals surface area (Å²) in [5, 5.41) is 3.60. The van der Waals surface area contributed by atoms with Gasteiger partial charge >= 0.3 is 0 Å². The lowest BCUT2D eigenvalue weighted by Crippen LogP contribution is -2.23. The molecule has 0 atom stereocenters. The van der Waals surface area contributed by atoms with E-state index in [0.29, 0.717) is 17.8 Å². The first-order valence-corrected chi connectivity index (χ1v) is 14.4. The molecule has 2 heterocycles. The molecule has 4 N–H and O–H groups in total. The summed E-state index contributed by atoms with van der Waals surface area (Å²) in [6.45, 7) is 14.1. The summed E-state index contributed by atoms with van der Waals surface area (Å²) in [5.74, 6) is 1.22. The molecular formula is C36H42FN5. The molecule has 0 bridgehead atoms. The highest BCUT2D eigenvalue weighted by molar-refractivity contribution is 5.89. The van der Waals surface area contributed by atoms with E-state index in [1.807, 2.05) is 44.2 Å². The van der Waals surface area contributed by atoms with Crippen LogP contribution in [0.5, 0.6) is 0 Å². The Balaban J connectivity index is 0.00000237.